The first-order valence-corrected chi connectivity index (χ1v) is 11.2. The minimum Gasteiger partial charge on any atom is -0.429 e. The number of likely N-dealkylation sites (tertiary alicyclic amines) is 1. The van der Waals surface area contributed by atoms with Gasteiger partial charge in [-0.1, -0.05) is 13.0 Å². The Balaban J connectivity index is 1.28. The van der Waals surface area contributed by atoms with E-state index in [1.807, 2.05) is 13.1 Å². The van der Waals surface area contributed by atoms with Crippen LogP contribution in [-0.4, -0.2) is 43.0 Å². The van der Waals surface area contributed by atoms with Crippen LogP contribution in [0.25, 0.3) is 0 Å². The molecule has 0 spiro atoms. The van der Waals surface area contributed by atoms with Gasteiger partial charge >= 0.3 is 6.16 Å². The van der Waals surface area contributed by atoms with Crippen LogP contribution < -0.4 is 4.74 Å². The summed E-state index contributed by atoms with van der Waals surface area (Å²) in [6.07, 6.45) is 6.93. The third kappa shape index (κ3) is 3.27. The SMILES string of the molecule is CN1CCC(OC(=O)Oc2ccc3c(c2)CCC2C3CCC3(C)C(=N)CCC23)C1. The van der Waals surface area contributed by atoms with E-state index in [0.29, 0.717) is 23.5 Å². The molecule has 0 bridgehead atoms. The van der Waals surface area contributed by atoms with E-state index < -0.39 is 6.16 Å². The van der Waals surface area contributed by atoms with Gasteiger partial charge in [-0.3, -0.25) is 0 Å². The van der Waals surface area contributed by atoms with Crippen LogP contribution in [-0.2, 0) is 11.2 Å². The van der Waals surface area contributed by atoms with Gasteiger partial charge in [-0.15, -0.1) is 0 Å². The zero-order chi connectivity index (χ0) is 20.2. The van der Waals surface area contributed by atoms with E-state index in [0.717, 1.165) is 44.5 Å². The lowest BCUT2D eigenvalue weighted by Crippen LogP contribution is -2.42. The van der Waals surface area contributed by atoms with E-state index in [1.54, 1.807) is 0 Å². The van der Waals surface area contributed by atoms with Gasteiger partial charge in [-0.2, -0.15) is 0 Å². The highest BCUT2D eigenvalue weighted by molar-refractivity contribution is 5.89. The van der Waals surface area contributed by atoms with Gasteiger partial charge in [0.05, 0.1) is 0 Å². The van der Waals surface area contributed by atoms with Gasteiger partial charge in [0.2, 0.25) is 0 Å². The molecule has 1 saturated heterocycles. The number of ether oxygens (including phenoxy) is 2. The summed E-state index contributed by atoms with van der Waals surface area (Å²) in [5, 5.41) is 8.44. The molecule has 5 unspecified atom stereocenters. The lowest BCUT2D eigenvalue weighted by Gasteiger charge is -2.49. The molecular weight excluding hydrogens is 364 g/mol. The van der Waals surface area contributed by atoms with E-state index >= 15 is 0 Å². The minimum absolute atomic E-state index is 0.0624. The number of rotatable bonds is 2. The van der Waals surface area contributed by atoms with Gasteiger partial charge in [0.25, 0.3) is 0 Å². The Bertz CT molecular complexity index is 837. The zero-order valence-electron chi connectivity index (χ0n) is 17.6. The van der Waals surface area contributed by atoms with Crippen molar-refractivity contribution in [3.63, 3.8) is 0 Å². The second-order valence-electron chi connectivity index (χ2n) is 9.89. The number of likely N-dealkylation sites (N-methyl/N-ethyl adjacent to an activating group) is 1. The quantitative estimate of drug-likeness (QED) is 0.577. The lowest BCUT2D eigenvalue weighted by atomic mass is 9.55. The second-order valence-corrected chi connectivity index (χ2v) is 9.89. The Morgan fingerprint density at radius 1 is 1.21 bits per heavy atom. The molecule has 5 atom stereocenters. The number of carbonyl (C=O) groups excluding carboxylic acids is 1. The first kappa shape index (κ1) is 19.1. The highest BCUT2D eigenvalue weighted by Gasteiger charge is 2.52. The molecule has 1 aromatic carbocycles. The van der Waals surface area contributed by atoms with E-state index in [9.17, 15) is 4.79 Å². The monoisotopic (exact) mass is 396 g/mol. The molecule has 1 N–H and O–H groups in total. The van der Waals surface area contributed by atoms with Crippen LogP contribution in [0.3, 0.4) is 0 Å². The van der Waals surface area contributed by atoms with Crippen LogP contribution in [0.1, 0.15) is 62.5 Å². The maximum Gasteiger partial charge on any atom is 0.514 e. The van der Waals surface area contributed by atoms with Crippen molar-refractivity contribution < 1.29 is 14.3 Å². The number of hydrogen-bond acceptors (Lipinski definition) is 5. The standard InChI is InChI=1S/C24H32N2O3/c1-24-11-9-19-18-6-4-16(28-23(27)29-17-10-12-26(2)14-17)13-15(18)3-5-20(19)21(24)7-8-22(24)25/h4,6,13,17,19-21,25H,3,5,7-12,14H2,1-2H3. The highest BCUT2D eigenvalue weighted by atomic mass is 16.7. The molecule has 4 aliphatic rings. The summed E-state index contributed by atoms with van der Waals surface area (Å²) in [6, 6.07) is 6.17. The summed E-state index contributed by atoms with van der Waals surface area (Å²) in [6.45, 7) is 4.07. The third-order valence-electron chi connectivity index (χ3n) is 8.29. The molecule has 1 aromatic rings. The molecule has 2 saturated carbocycles. The van der Waals surface area contributed by atoms with E-state index in [4.69, 9.17) is 14.9 Å². The van der Waals surface area contributed by atoms with E-state index in [2.05, 4.69) is 24.0 Å². The van der Waals surface area contributed by atoms with Gasteiger partial charge in [-0.25, -0.2) is 4.79 Å². The molecule has 0 aromatic heterocycles. The summed E-state index contributed by atoms with van der Waals surface area (Å²) < 4.78 is 11.0. The maximum absolute atomic E-state index is 12.2. The number of benzene rings is 1. The number of carbonyl (C=O) groups is 1. The predicted molar refractivity (Wildman–Crippen MR) is 112 cm³/mol. The summed E-state index contributed by atoms with van der Waals surface area (Å²) in [7, 11) is 2.04. The number of aryl methyl sites for hydroxylation is 1. The van der Waals surface area contributed by atoms with Crippen molar-refractivity contribution in [3.8, 4) is 5.75 Å². The molecule has 1 aliphatic heterocycles. The number of hydrogen-bond donors (Lipinski definition) is 1. The first-order chi connectivity index (χ1) is 13.9. The van der Waals surface area contributed by atoms with Crippen molar-refractivity contribution in [2.24, 2.45) is 17.3 Å². The molecule has 5 heteroatoms. The number of fused-ring (bicyclic) bond motifs is 5. The van der Waals surface area contributed by atoms with Gasteiger partial charge < -0.3 is 19.8 Å². The fourth-order valence-electron chi connectivity index (χ4n) is 6.68. The molecule has 156 valence electrons. The van der Waals surface area contributed by atoms with Crippen molar-refractivity contribution in [2.45, 2.75) is 63.9 Å². The molecule has 5 nitrogen and oxygen atoms in total. The summed E-state index contributed by atoms with van der Waals surface area (Å²) in [4.78, 5) is 14.3. The molecule has 1 heterocycles. The molecule has 3 aliphatic carbocycles. The van der Waals surface area contributed by atoms with Crippen LogP contribution in [0.15, 0.2) is 18.2 Å². The Kier molecular flexibility index (Phi) is 4.69. The van der Waals surface area contributed by atoms with Crippen molar-refractivity contribution in [1.29, 1.82) is 5.41 Å². The van der Waals surface area contributed by atoms with Crippen LogP contribution in [0.4, 0.5) is 4.79 Å². The zero-order valence-corrected chi connectivity index (χ0v) is 17.6. The molecule has 5 rings (SSSR count). The summed E-state index contributed by atoms with van der Waals surface area (Å²) in [5.41, 5.74) is 3.90. The van der Waals surface area contributed by atoms with E-state index in [1.165, 1.54) is 30.4 Å². The first-order valence-electron chi connectivity index (χ1n) is 11.2. The van der Waals surface area contributed by atoms with Crippen molar-refractivity contribution in [1.82, 2.24) is 4.90 Å². The lowest BCUT2D eigenvalue weighted by molar-refractivity contribution is 0.0626. The van der Waals surface area contributed by atoms with Crippen LogP contribution >= 0.6 is 0 Å². The highest BCUT2D eigenvalue weighted by Crippen LogP contribution is 2.59. The van der Waals surface area contributed by atoms with Gasteiger partial charge in [0.1, 0.15) is 11.9 Å². The molecule has 29 heavy (non-hydrogen) atoms. The Morgan fingerprint density at radius 2 is 2.07 bits per heavy atom. The number of nitrogens with zero attached hydrogens (tertiary/aromatic N) is 1. The molecule has 3 fully saturated rings. The van der Waals surface area contributed by atoms with Crippen LogP contribution in [0.2, 0.25) is 0 Å². The number of nitrogens with one attached hydrogen (secondary N) is 1. The maximum atomic E-state index is 12.2. The van der Waals surface area contributed by atoms with Gasteiger partial charge in [-0.05, 0) is 93.0 Å². The Labute approximate surface area is 173 Å². The Hall–Kier alpha value is -1.88. The average Bonchev–Trinajstić information content (AvgIpc) is 3.23. The topological polar surface area (TPSA) is 62.6 Å². The smallest absolute Gasteiger partial charge is 0.429 e. The van der Waals surface area contributed by atoms with Crippen molar-refractivity contribution in [2.75, 3.05) is 20.1 Å². The van der Waals surface area contributed by atoms with Crippen LogP contribution in [0.5, 0.6) is 5.75 Å². The van der Waals surface area contributed by atoms with Gasteiger partial charge in [0, 0.05) is 24.2 Å². The molecule has 0 amide bonds. The predicted octanol–water partition coefficient (Wildman–Crippen LogP) is 4.78. The minimum atomic E-state index is -0.586. The molecular formula is C24H32N2O3. The fraction of sp³-hybridized carbons (Fsp3) is 0.667. The largest absolute Gasteiger partial charge is 0.514 e. The fourth-order valence-corrected chi connectivity index (χ4v) is 6.68. The summed E-state index contributed by atoms with van der Waals surface area (Å²) >= 11 is 0. The second kappa shape index (κ2) is 7.12. The van der Waals surface area contributed by atoms with Crippen molar-refractivity contribution >= 4 is 11.9 Å². The van der Waals surface area contributed by atoms with Crippen LogP contribution in [0, 0.1) is 22.7 Å². The Morgan fingerprint density at radius 3 is 2.86 bits per heavy atom. The molecule has 0 radical (unpaired) electrons. The average molecular weight is 397 g/mol. The van der Waals surface area contributed by atoms with E-state index in [-0.39, 0.29) is 11.5 Å². The third-order valence-corrected chi connectivity index (χ3v) is 8.29. The normalized spacial score (nSPS) is 36.3. The van der Waals surface area contributed by atoms with Crippen molar-refractivity contribution in [3.05, 3.63) is 29.3 Å². The van der Waals surface area contributed by atoms with Gasteiger partial charge in [0.15, 0.2) is 0 Å². The summed E-state index contributed by atoms with van der Waals surface area (Å²) in [5.74, 6) is 2.55.